The van der Waals surface area contributed by atoms with Crippen LogP contribution in [0.4, 0.5) is 5.82 Å². The zero-order valence-electron chi connectivity index (χ0n) is 16.7. The van der Waals surface area contributed by atoms with Crippen molar-refractivity contribution in [1.29, 1.82) is 0 Å². The van der Waals surface area contributed by atoms with Crippen LogP contribution in [0.3, 0.4) is 0 Å². The van der Waals surface area contributed by atoms with Crippen LogP contribution in [0.2, 0.25) is 0 Å². The van der Waals surface area contributed by atoms with E-state index in [1.807, 2.05) is 6.26 Å². The molecule has 1 saturated carbocycles. The first-order valence-electron chi connectivity index (χ1n) is 9.67. The van der Waals surface area contributed by atoms with Crippen molar-refractivity contribution in [2.75, 3.05) is 32.6 Å². The first-order chi connectivity index (χ1) is 13.6. The molecule has 2 heterocycles. The Bertz CT molecular complexity index is 961. The predicted molar refractivity (Wildman–Crippen MR) is 118 cm³/mol. The van der Waals surface area contributed by atoms with Crippen molar-refractivity contribution in [2.24, 2.45) is 5.92 Å². The number of fused-ring (bicyclic) bond motifs is 1. The molecule has 28 heavy (non-hydrogen) atoms. The van der Waals surface area contributed by atoms with Crippen LogP contribution < -0.4 is 10.5 Å². The number of hydrogen-bond acceptors (Lipinski definition) is 6. The van der Waals surface area contributed by atoms with Gasteiger partial charge in [-0.2, -0.15) is 0 Å². The molecule has 0 radical (unpaired) electrons. The fourth-order valence-electron chi connectivity index (χ4n) is 4.20. The second-order valence-electron chi connectivity index (χ2n) is 7.89. The lowest BCUT2D eigenvalue weighted by Gasteiger charge is -2.38. The van der Waals surface area contributed by atoms with E-state index in [2.05, 4.69) is 68.7 Å². The summed E-state index contributed by atoms with van der Waals surface area (Å²) in [4.78, 5) is 11.1. The van der Waals surface area contributed by atoms with Crippen molar-refractivity contribution >= 4 is 28.8 Å². The average Bonchev–Trinajstić information content (AvgIpc) is 3.03. The highest BCUT2D eigenvalue weighted by Gasteiger charge is 2.32. The van der Waals surface area contributed by atoms with E-state index < -0.39 is 0 Å². The van der Waals surface area contributed by atoms with E-state index >= 15 is 0 Å². The van der Waals surface area contributed by atoms with Crippen LogP contribution in [-0.2, 0) is 6.54 Å². The summed E-state index contributed by atoms with van der Waals surface area (Å²) in [7, 11) is 4.28. The Labute approximate surface area is 170 Å². The van der Waals surface area contributed by atoms with E-state index in [0.29, 0.717) is 11.9 Å². The van der Waals surface area contributed by atoms with Crippen LogP contribution in [0, 0.1) is 5.92 Å². The number of nitrogens with zero attached hydrogens (tertiary/aromatic N) is 4. The molecule has 1 fully saturated rings. The summed E-state index contributed by atoms with van der Waals surface area (Å²) in [5.74, 6) is 1.30. The molecule has 7 heteroatoms. The molecule has 1 aromatic carbocycles. The second kappa shape index (κ2) is 8.11. The fourth-order valence-corrected chi connectivity index (χ4v) is 4.51. The molecule has 1 aliphatic carbocycles. The number of hydrogen-bond donors (Lipinski definition) is 2. The van der Waals surface area contributed by atoms with Crippen molar-refractivity contribution in [3.8, 4) is 11.1 Å². The van der Waals surface area contributed by atoms with Gasteiger partial charge in [-0.15, -0.1) is 0 Å². The third-order valence-corrected chi connectivity index (χ3v) is 5.96. The van der Waals surface area contributed by atoms with E-state index in [-0.39, 0.29) is 0 Å². The monoisotopic (exact) mass is 396 g/mol. The topological polar surface area (TPSA) is 72.0 Å². The van der Waals surface area contributed by atoms with Gasteiger partial charge in [0, 0.05) is 30.9 Å². The molecule has 0 spiro atoms. The van der Waals surface area contributed by atoms with Crippen LogP contribution in [0.5, 0.6) is 0 Å². The molecule has 1 aliphatic rings. The molecule has 6 nitrogen and oxygen atoms in total. The molecule has 0 atom stereocenters. The highest BCUT2D eigenvalue weighted by Crippen LogP contribution is 2.43. The lowest BCUT2D eigenvalue weighted by Crippen LogP contribution is -2.33. The first kappa shape index (κ1) is 19.2. The minimum atomic E-state index is 0.483. The summed E-state index contributed by atoms with van der Waals surface area (Å²) in [6, 6.07) is 9.10. The van der Waals surface area contributed by atoms with Gasteiger partial charge in [-0.1, -0.05) is 30.1 Å². The summed E-state index contributed by atoms with van der Waals surface area (Å²) >= 11 is 1.63. The van der Waals surface area contributed by atoms with Gasteiger partial charge in [0.1, 0.15) is 17.8 Å². The summed E-state index contributed by atoms with van der Waals surface area (Å²) in [5.41, 5.74) is 10.8. The Morgan fingerprint density at radius 1 is 1.29 bits per heavy atom. The molecule has 4 rings (SSSR count). The summed E-state index contributed by atoms with van der Waals surface area (Å²) in [6.45, 7) is 1.97. The number of nitrogens with two attached hydrogens (primary N) is 1. The number of aromatic nitrogens is 3. The van der Waals surface area contributed by atoms with Crippen LogP contribution in [0.25, 0.3) is 22.2 Å². The van der Waals surface area contributed by atoms with Gasteiger partial charge >= 0.3 is 0 Å². The van der Waals surface area contributed by atoms with E-state index in [9.17, 15) is 0 Å². The van der Waals surface area contributed by atoms with Gasteiger partial charge in [-0.3, -0.25) is 4.72 Å². The normalized spacial score (nSPS) is 19.3. The van der Waals surface area contributed by atoms with Gasteiger partial charge in [0.15, 0.2) is 0 Å². The highest BCUT2D eigenvalue weighted by atomic mass is 32.2. The molecule has 0 unspecified atom stereocenters. The predicted octanol–water partition coefficient (Wildman–Crippen LogP) is 3.56. The zero-order valence-corrected chi connectivity index (χ0v) is 17.5. The smallest absolute Gasteiger partial charge is 0.146 e. The molecule has 0 saturated heterocycles. The number of nitrogen functional groups attached to an aromatic ring is 1. The zero-order chi connectivity index (χ0) is 19.7. The number of benzene rings is 1. The standard InChI is InChI=1S/C21H28N6S/c1-26(2)11-15-8-17(9-15)27-12-18(19-20(22)23-13-24-21(19)27)16-6-4-5-14(7-16)10-25-28-3/h4-7,12-13,15,17,25H,8-11H2,1-3H3,(H2,22,23,24)/t15-,17+. The number of anilines is 1. The van der Waals surface area contributed by atoms with Crippen molar-refractivity contribution in [1.82, 2.24) is 24.2 Å². The lowest BCUT2D eigenvalue weighted by molar-refractivity contribution is 0.159. The molecule has 0 amide bonds. The summed E-state index contributed by atoms with van der Waals surface area (Å²) in [6.07, 6.45) is 8.21. The van der Waals surface area contributed by atoms with Gasteiger partial charge in [0.25, 0.3) is 0 Å². The Morgan fingerprint density at radius 3 is 2.86 bits per heavy atom. The third-order valence-electron chi connectivity index (χ3n) is 5.52. The second-order valence-corrected chi connectivity index (χ2v) is 8.58. The van der Waals surface area contributed by atoms with Crippen LogP contribution in [-0.4, -0.2) is 46.3 Å². The van der Waals surface area contributed by atoms with Gasteiger partial charge in [0.2, 0.25) is 0 Å². The largest absolute Gasteiger partial charge is 0.383 e. The summed E-state index contributed by atoms with van der Waals surface area (Å²) < 4.78 is 5.63. The molecule has 0 aliphatic heterocycles. The molecule has 0 bridgehead atoms. The van der Waals surface area contributed by atoms with Gasteiger partial charge in [-0.05, 0) is 56.3 Å². The maximum absolute atomic E-state index is 6.29. The van der Waals surface area contributed by atoms with Crippen molar-refractivity contribution in [3.63, 3.8) is 0 Å². The summed E-state index contributed by atoms with van der Waals surface area (Å²) in [5, 5.41) is 0.966. The Morgan fingerprint density at radius 2 is 2.11 bits per heavy atom. The van der Waals surface area contributed by atoms with Crippen molar-refractivity contribution in [2.45, 2.75) is 25.4 Å². The van der Waals surface area contributed by atoms with E-state index in [1.165, 1.54) is 18.4 Å². The lowest BCUT2D eigenvalue weighted by atomic mass is 9.80. The highest BCUT2D eigenvalue weighted by molar-refractivity contribution is 7.96. The van der Waals surface area contributed by atoms with Crippen LogP contribution >= 0.6 is 11.9 Å². The van der Waals surface area contributed by atoms with Gasteiger partial charge in [-0.25, -0.2) is 9.97 Å². The molecular weight excluding hydrogens is 368 g/mol. The van der Waals surface area contributed by atoms with Crippen molar-refractivity contribution in [3.05, 3.63) is 42.4 Å². The van der Waals surface area contributed by atoms with E-state index in [0.717, 1.165) is 41.2 Å². The SMILES string of the molecule is CSNCc1cccc(-c2cn([C@H]3C[C@@H](CN(C)C)C3)c3ncnc(N)c23)c1. The maximum atomic E-state index is 6.29. The molecule has 3 N–H and O–H groups in total. The minimum Gasteiger partial charge on any atom is -0.383 e. The average molecular weight is 397 g/mol. The number of rotatable bonds is 7. The Kier molecular flexibility index (Phi) is 5.57. The Balaban J connectivity index is 1.70. The Hall–Kier alpha value is -2.09. The van der Waals surface area contributed by atoms with Gasteiger partial charge in [0.05, 0.1) is 5.39 Å². The fraction of sp³-hybridized carbons (Fsp3) is 0.429. The van der Waals surface area contributed by atoms with Crippen molar-refractivity contribution < 1.29 is 0 Å². The van der Waals surface area contributed by atoms with E-state index in [1.54, 1.807) is 18.3 Å². The molecular formula is C21H28N6S. The quantitative estimate of drug-likeness (QED) is 0.595. The first-order valence-corrected chi connectivity index (χ1v) is 10.9. The molecule has 3 aromatic rings. The van der Waals surface area contributed by atoms with Crippen LogP contribution in [0.15, 0.2) is 36.8 Å². The molecule has 148 valence electrons. The third kappa shape index (κ3) is 3.74. The van der Waals surface area contributed by atoms with Gasteiger partial charge < -0.3 is 15.2 Å². The molecule has 2 aromatic heterocycles. The van der Waals surface area contributed by atoms with Crippen LogP contribution in [0.1, 0.15) is 24.4 Å². The number of nitrogens with one attached hydrogen (secondary N) is 1. The van der Waals surface area contributed by atoms with E-state index in [4.69, 9.17) is 5.73 Å². The maximum Gasteiger partial charge on any atom is 0.146 e. The minimum absolute atomic E-state index is 0.483.